The number of para-hydroxylation sites is 1. The van der Waals surface area contributed by atoms with Gasteiger partial charge in [0.25, 0.3) is 0 Å². The number of nitrogens with two attached hydrogens (primary N) is 1. The van der Waals surface area contributed by atoms with Gasteiger partial charge < -0.3 is 25.4 Å². The zero-order chi connectivity index (χ0) is 31.4. The van der Waals surface area contributed by atoms with Crippen LogP contribution in [0.3, 0.4) is 0 Å². The second kappa shape index (κ2) is 11.7. The predicted molar refractivity (Wildman–Crippen MR) is 175 cm³/mol. The van der Waals surface area contributed by atoms with Crippen molar-refractivity contribution in [3.8, 4) is 17.0 Å². The maximum Gasteiger partial charge on any atom is 0.308 e. The summed E-state index contributed by atoms with van der Waals surface area (Å²) in [5.74, 6) is 3.53. The Labute approximate surface area is 270 Å². The van der Waals surface area contributed by atoms with E-state index in [4.69, 9.17) is 20.4 Å². The summed E-state index contributed by atoms with van der Waals surface area (Å²) in [5, 5.41) is 18.9. The summed E-state index contributed by atoms with van der Waals surface area (Å²) in [5.41, 5.74) is 9.80. The number of aromatic nitrogens is 4. The van der Waals surface area contributed by atoms with Gasteiger partial charge in [-0.25, -0.2) is 9.97 Å². The van der Waals surface area contributed by atoms with Crippen molar-refractivity contribution in [3.05, 3.63) is 48.5 Å². The molecule has 4 unspecified atom stereocenters. The molecule has 242 valence electrons. The first kappa shape index (κ1) is 29.4. The molecule has 11 nitrogen and oxygen atoms in total. The van der Waals surface area contributed by atoms with E-state index in [9.17, 15) is 9.90 Å². The molecule has 2 aromatic heterocycles. The van der Waals surface area contributed by atoms with E-state index >= 15 is 0 Å². The highest BCUT2D eigenvalue weighted by Gasteiger charge is 2.67. The van der Waals surface area contributed by atoms with Crippen LogP contribution in [0.5, 0.6) is 5.75 Å². The number of aromatic hydroxyl groups is 1. The van der Waals surface area contributed by atoms with Crippen LogP contribution in [0, 0.1) is 23.7 Å². The van der Waals surface area contributed by atoms with Crippen LogP contribution < -0.4 is 15.5 Å². The largest absolute Gasteiger partial charge is 0.507 e. The normalized spacial score (nSPS) is 30.8. The van der Waals surface area contributed by atoms with E-state index in [1.54, 1.807) is 12.1 Å². The van der Waals surface area contributed by atoms with Crippen LogP contribution in [-0.4, -0.2) is 88.6 Å². The van der Waals surface area contributed by atoms with E-state index in [2.05, 4.69) is 37.3 Å². The highest BCUT2D eigenvalue weighted by molar-refractivity contribution is 5.74. The standard InChI is InChI=1S/C35H44N8O3/c1-46-33(45)22-6-8-25(9-7-22)41-12-14-42(15-13-41)26-19-37-34(38-20-26)35-17-23-10-11-43(21-24(18-35)31(23)35)29-16-28(39-40-32(29)36)27-4-2-3-5-30(27)44/h2-5,16,19-20,22-25,31,44H,6-15,17-18,21H2,1H3,(H2,36,40). The van der Waals surface area contributed by atoms with Crippen LogP contribution in [0.4, 0.5) is 17.2 Å². The fourth-order valence-electron chi connectivity index (χ4n) is 9.61. The minimum atomic E-state index is -0.0463. The average Bonchev–Trinajstić information content (AvgIpc) is 3.13. The third kappa shape index (κ3) is 4.94. The molecule has 4 heterocycles. The lowest BCUT2D eigenvalue weighted by atomic mass is 9.38. The number of esters is 1. The van der Waals surface area contributed by atoms with Crippen LogP contribution in [0.2, 0.25) is 0 Å². The first-order chi connectivity index (χ1) is 22.4. The summed E-state index contributed by atoms with van der Waals surface area (Å²) in [6.45, 7) is 5.89. The monoisotopic (exact) mass is 624 g/mol. The molecule has 46 heavy (non-hydrogen) atoms. The second-order valence-corrected chi connectivity index (χ2v) is 14.2. The van der Waals surface area contributed by atoms with Gasteiger partial charge in [0.1, 0.15) is 11.6 Å². The van der Waals surface area contributed by atoms with Gasteiger partial charge in [0.15, 0.2) is 5.82 Å². The number of carbonyl (C=O) groups is 1. The topological polar surface area (TPSA) is 134 Å². The molecule has 3 aromatic rings. The summed E-state index contributed by atoms with van der Waals surface area (Å²) in [7, 11) is 1.50. The summed E-state index contributed by atoms with van der Waals surface area (Å²) in [4.78, 5) is 29.3. The van der Waals surface area contributed by atoms with Crippen molar-refractivity contribution < 1.29 is 14.6 Å². The van der Waals surface area contributed by atoms with E-state index in [1.807, 2.05) is 18.2 Å². The molecule has 3 N–H and O–H groups in total. The molecule has 2 aliphatic heterocycles. The van der Waals surface area contributed by atoms with Crippen LogP contribution in [0.1, 0.15) is 50.8 Å². The fraction of sp³-hybridized carbons (Fsp3) is 0.571. The number of ether oxygens (including phenoxy) is 1. The van der Waals surface area contributed by atoms with Crippen LogP contribution in [-0.2, 0) is 14.9 Å². The van der Waals surface area contributed by atoms with Gasteiger partial charge in [-0.05, 0) is 80.9 Å². The van der Waals surface area contributed by atoms with E-state index < -0.39 is 0 Å². The summed E-state index contributed by atoms with van der Waals surface area (Å²) < 4.78 is 4.96. The minimum Gasteiger partial charge on any atom is -0.507 e. The number of phenolic OH excluding ortho intramolecular Hbond substituents is 1. The third-order valence-corrected chi connectivity index (χ3v) is 12.0. The molecule has 3 saturated carbocycles. The number of hydrogen-bond acceptors (Lipinski definition) is 11. The predicted octanol–water partition coefficient (Wildman–Crippen LogP) is 3.88. The maximum absolute atomic E-state index is 11.9. The molecule has 0 bridgehead atoms. The lowest BCUT2D eigenvalue weighted by molar-refractivity contribution is -0.146. The number of benzene rings is 1. The second-order valence-electron chi connectivity index (χ2n) is 14.2. The Kier molecular flexibility index (Phi) is 7.46. The van der Waals surface area contributed by atoms with Crippen molar-refractivity contribution in [3.63, 3.8) is 0 Å². The molecule has 0 amide bonds. The van der Waals surface area contributed by atoms with E-state index in [1.165, 1.54) is 7.11 Å². The van der Waals surface area contributed by atoms with Crippen LogP contribution in [0.25, 0.3) is 11.3 Å². The molecular weight excluding hydrogens is 580 g/mol. The fourth-order valence-corrected chi connectivity index (χ4v) is 9.61. The molecule has 3 aliphatic carbocycles. The van der Waals surface area contributed by atoms with Gasteiger partial charge in [-0.2, -0.15) is 0 Å². The van der Waals surface area contributed by atoms with Crippen LogP contribution in [0.15, 0.2) is 42.7 Å². The first-order valence-corrected chi connectivity index (χ1v) is 17.0. The van der Waals surface area contributed by atoms with Crippen molar-refractivity contribution in [2.75, 3.05) is 61.9 Å². The van der Waals surface area contributed by atoms with Crippen LogP contribution >= 0.6 is 0 Å². The van der Waals surface area contributed by atoms with Crippen molar-refractivity contribution in [2.45, 2.75) is 56.4 Å². The quantitative estimate of drug-likeness (QED) is 0.387. The first-order valence-electron chi connectivity index (χ1n) is 17.0. The number of rotatable bonds is 6. The molecule has 4 atom stereocenters. The maximum atomic E-state index is 11.9. The van der Waals surface area contributed by atoms with Gasteiger partial charge in [-0.3, -0.25) is 9.69 Å². The average molecular weight is 625 g/mol. The van der Waals surface area contributed by atoms with Crippen molar-refractivity contribution in [1.82, 2.24) is 25.1 Å². The van der Waals surface area contributed by atoms with E-state index in [-0.39, 0.29) is 23.1 Å². The lowest BCUT2D eigenvalue weighted by Crippen LogP contribution is -2.65. The van der Waals surface area contributed by atoms with Crippen molar-refractivity contribution in [2.24, 2.45) is 23.7 Å². The van der Waals surface area contributed by atoms with Gasteiger partial charge in [0.05, 0.1) is 42.5 Å². The number of nitrogen functional groups attached to an aromatic ring is 1. The highest BCUT2D eigenvalue weighted by atomic mass is 16.5. The van der Waals surface area contributed by atoms with Crippen molar-refractivity contribution in [1.29, 1.82) is 0 Å². The number of phenols is 1. The lowest BCUT2D eigenvalue weighted by Gasteiger charge is -2.66. The van der Waals surface area contributed by atoms with Gasteiger partial charge >= 0.3 is 5.97 Å². The summed E-state index contributed by atoms with van der Waals surface area (Å²) in [6.07, 6.45) is 11.5. The molecule has 2 saturated heterocycles. The van der Waals surface area contributed by atoms with Gasteiger partial charge in [0, 0.05) is 56.3 Å². The molecule has 5 aliphatic rings. The Morgan fingerprint density at radius 2 is 1.67 bits per heavy atom. The Balaban J connectivity index is 0.891. The minimum absolute atomic E-state index is 0.0463. The Bertz CT molecular complexity index is 1590. The molecule has 1 aromatic carbocycles. The summed E-state index contributed by atoms with van der Waals surface area (Å²) >= 11 is 0. The number of carbonyl (C=O) groups excluding carboxylic acids is 1. The number of piperazine rings is 1. The smallest absolute Gasteiger partial charge is 0.308 e. The highest BCUT2D eigenvalue weighted by Crippen LogP contribution is 2.69. The molecular formula is C35H44N8O3. The number of methoxy groups -OCH3 is 1. The Morgan fingerprint density at radius 3 is 2.41 bits per heavy atom. The molecule has 0 radical (unpaired) electrons. The van der Waals surface area contributed by atoms with Gasteiger partial charge in [-0.15, -0.1) is 10.2 Å². The Morgan fingerprint density at radius 1 is 0.935 bits per heavy atom. The summed E-state index contributed by atoms with van der Waals surface area (Å²) in [6, 6.07) is 9.77. The van der Waals surface area contributed by atoms with Gasteiger partial charge in [0.2, 0.25) is 0 Å². The van der Waals surface area contributed by atoms with Crippen molar-refractivity contribution >= 4 is 23.2 Å². The Hall–Kier alpha value is -3.99. The zero-order valence-electron chi connectivity index (χ0n) is 26.6. The number of nitrogens with zero attached hydrogens (tertiary/aromatic N) is 7. The van der Waals surface area contributed by atoms with E-state index in [0.29, 0.717) is 40.9 Å². The number of anilines is 3. The van der Waals surface area contributed by atoms with E-state index in [0.717, 1.165) is 101 Å². The molecule has 8 rings (SSSR count). The molecule has 5 fully saturated rings. The zero-order valence-corrected chi connectivity index (χ0v) is 26.6. The molecule has 0 spiro atoms. The molecule has 11 heteroatoms. The van der Waals surface area contributed by atoms with Gasteiger partial charge in [-0.1, -0.05) is 12.1 Å². The SMILES string of the molecule is COC(=O)C1CCC(N2CCN(c3cnc(C45CC6CCN(c7cc(-c8ccccc8O)nnc7N)CC(C4)C65)nc3)CC2)CC1. The third-order valence-electron chi connectivity index (χ3n) is 12.0. The number of hydrogen-bond donors (Lipinski definition) is 2.